The lowest BCUT2D eigenvalue weighted by Gasteiger charge is -2.16. The highest BCUT2D eigenvalue weighted by Gasteiger charge is 2.14. The van der Waals surface area contributed by atoms with Crippen LogP contribution in [0.5, 0.6) is 17.2 Å². The molecule has 5 heteroatoms. The highest BCUT2D eigenvalue weighted by atomic mass is 16.5. The van der Waals surface area contributed by atoms with Gasteiger partial charge >= 0.3 is 0 Å². The van der Waals surface area contributed by atoms with Gasteiger partial charge in [-0.05, 0) is 25.7 Å². The van der Waals surface area contributed by atoms with Crippen LogP contribution in [-0.2, 0) is 11.3 Å². The molecule has 0 aliphatic heterocycles. The lowest BCUT2D eigenvalue weighted by Crippen LogP contribution is -2.23. The topological polar surface area (TPSA) is 56.8 Å². The highest BCUT2D eigenvalue weighted by molar-refractivity contribution is 5.76. The molecule has 1 amide bonds. The summed E-state index contributed by atoms with van der Waals surface area (Å²) in [5.41, 5.74) is 0.817. The molecule has 0 aliphatic carbocycles. The number of benzene rings is 1. The van der Waals surface area contributed by atoms with Gasteiger partial charge in [-0.3, -0.25) is 4.79 Å². The third kappa shape index (κ3) is 7.81. The minimum Gasteiger partial charge on any atom is -0.496 e. The number of hydrogen-bond acceptors (Lipinski definition) is 4. The molecule has 1 rings (SSSR count). The third-order valence-electron chi connectivity index (χ3n) is 4.12. The molecule has 5 nitrogen and oxygen atoms in total. The minimum absolute atomic E-state index is 0.0464. The predicted molar refractivity (Wildman–Crippen MR) is 105 cm³/mol. The number of amides is 1. The van der Waals surface area contributed by atoms with E-state index >= 15 is 0 Å². The number of methoxy groups -OCH3 is 2. The Labute approximate surface area is 157 Å². The van der Waals surface area contributed by atoms with Crippen molar-refractivity contribution in [3.05, 3.63) is 30.4 Å². The van der Waals surface area contributed by atoms with E-state index in [2.05, 4.69) is 18.8 Å². The fourth-order valence-electron chi connectivity index (χ4n) is 2.61. The van der Waals surface area contributed by atoms with E-state index < -0.39 is 0 Å². The smallest absolute Gasteiger partial charge is 0.220 e. The minimum atomic E-state index is 0.0464. The molecule has 0 spiro atoms. The quantitative estimate of drug-likeness (QED) is 0.387. The summed E-state index contributed by atoms with van der Waals surface area (Å²) in [7, 11) is 3.21. The Morgan fingerprint density at radius 1 is 1.12 bits per heavy atom. The molecule has 26 heavy (non-hydrogen) atoms. The Morgan fingerprint density at radius 3 is 2.38 bits per heavy atom. The number of carbonyl (C=O) groups excluding carboxylic acids is 1. The molecule has 0 bridgehead atoms. The van der Waals surface area contributed by atoms with Gasteiger partial charge in [0, 0.05) is 18.6 Å². The van der Waals surface area contributed by atoms with Crippen LogP contribution in [0.4, 0.5) is 0 Å². The summed E-state index contributed by atoms with van der Waals surface area (Å²) < 4.78 is 16.8. The molecule has 0 aromatic heterocycles. The predicted octanol–water partition coefficient (Wildman–Crippen LogP) is 4.64. The highest BCUT2D eigenvalue weighted by Crippen LogP contribution is 2.34. The largest absolute Gasteiger partial charge is 0.496 e. The Morgan fingerprint density at radius 2 is 1.81 bits per heavy atom. The fourth-order valence-corrected chi connectivity index (χ4v) is 2.61. The number of hydrogen-bond donors (Lipinski definition) is 1. The van der Waals surface area contributed by atoms with Crippen molar-refractivity contribution in [3.63, 3.8) is 0 Å². The van der Waals surface area contributed by atoms with Crippen molar-refractivity contribution in [2.45, 2.75) is 58.4 Å². The zero-order valence-corrected chi connectivity index (χ0v) is 16.4. The van der Waals surface area contributed by atoms with Gasteiger partial charge in [-0.25, -0.2) is 0 Å². The van der Waals surface area contributed by atoms with Crippen molar-refractivity contribution >= 4 is 5.91 Å². The molecule has 0 unspecified atom stereocenters. The first-order valence-corrected chi connectivity index (χ1v) is 9.41. The van der Waals surface area contributed by atoms with Crippen LogP contribution >= 0.6 is 0 Å². The maximum Gasteiger partial charge on any atom is 0.220 e. The summed E-state index contributed by atoms with van der Waals surface area (Å²) >= 11 is 0. The number of unbranched alkanes of at least 4 members (excludes halogenated alkanes) is 4. The van der Waals surface area contributed by atoms with Crippen molar-refractivity contribution in [2.24, 2.45) is 0 Å². The van der Waals surface area contributed by atoms with Gasteiger partial charge in [0.15, 0.2) is 0 Å². The molecule has 0 saturated carbocycles. The van der Waals surface area contributed by atoms with E-state index in [1.165, 1.54) is 0 Å². The van der Waals surface area contributed by atoms with Gasteiger partial charge < -0.3 is 19.5 Å². The Balaban J connectivity index is 2.69. The molecular weight excluding hydrogens is 330 g/mol. The monoisotopic (exact) mass is 363 g/mol. The molecule has 0 saturated heterocycles. The number of ether oxygens (including phenoxy) is 3. The van der Waals surface area contributed by atoms with Crippen LogP contribution in [0.3, 0.4) is 0 Å². The zero-order chi connectivity index (χ0) is 19.2. The first-order valence-electron chi connectivity index (χ1n) is 9.41. The van der Waals surface area contributed by atoms with E-state index in [0.29, 0.717) is 36.8 Å². The average molecular weight is 363 g/mol. The summed E-state index contributed by atoms with van der Waals surface area (Å²) in [6.07, 6.45) is 8.55. The van der Waals surface area contributed by atoms with Gasteiger partial charge in [0.1, 0.15) is 17.2 Å². The number of allylic oxidation sites excluding steroid dienone is 1. The summed E-state index contributed by atoms with van der Waals surface area (Å²) in [6.45, 7) is 6.84. The van der Waals surface area contributed by atoms with Crippen LogP contribution in [0.15, 0.2) is 24.8 Å². The molecule has 0 heterocycles. The van der Waals surface area contributed by atoms with Crippen LogP contribution in [0.25, 0.3) is 0 Å². The molecule has 0 atom stereocenters. The van der Waals surface area contributed by atoms with Crippen LogP contribution in [-0.4, -0.2) is 26.7 Å². The SMILES string of the molecule is C=CCCCCOc1cc(OC)c(CNC(=O)CCCCC)c(OC)c1. The van der Waals surface area contributed by atoms with Crippen molar-refractivity contribution < 1.29 is 19.0 Å². The van der Waals surface area contributed by atoms with Gasteiger partial charge in [-0.1, -0.05) is 25.8 Å². The molecule has 1 aromatic carbocycles. The second-order valence-electron chi connectivity index (χ2n) is 6.17. The lowest BCUT2D eigenvalue weighted by atomic mass is 10.1. The Kier molecular flexibility index (Phi) is 11.0. The molecule has 0 aliphatic rings. The number of rotatable bonds is 14. The number of nitrogens with one attached hydrogen (secondary N) is 1. The molecule has 146 valence electrons. The van der Waals surface area contributed by atoms with Crippen molar-refractivity contribution in [3.8, 4) is 17.2 Å². The van der Waals surface area contributed by atoms with Gasteiger partial charge in [0.2, 0.25) is 5.91 Å². The molecule has 1 N–H and O–H groups in total. The second kappa shape index (κ2) is 13.1. The third-order valence-corrected chi connectivity index (χ3v) is 4.12. The fraction of sp³-hybridized carbons (Fsp3) is 0.571. The van der Waals surface area contributed by atoms with Gasteiger partial charge in [0.05, 0.1) is 32.9 Å². The average Bonchev–Trinajstić information content (AvgIpc) is 2.66. The van der Waals surface area contributed by atoms with Crippen molar-refractivity contribution in [2.75, 3.05) is 20.8 Å². The van der Waals surface area contributed by atoms with Gasteiger partial charge in [-0.15, -0.1) is 6.58 Å². The lowest BCUT2D eigenvalue weighted by molar-refractivity contribution is -0.121. The number of carbonyl (C=O) groups is 1. The summed E-state index contributed by atoms with van der Waals surface area (Å²) in [5, 5.41) is 2.94. The Bertz CT molecular complexity index is 532. The summed E-state index contributed by atoms with van der Waals surface area (Å²) in [6, 6.07) is 3.68. The second-order valence-corrected chi connectivity index (χ2v) is 6.17. The first-order chi connectivity index (χ1) is 12.7. The van der Waals surface area contributed by atoms with E-state index in [1.54, 1.807) is 14.2 Å². The maximum absolute atomic E-state index is 12.0. The Hall–Kier alpha value is -2.17. The van der Waals surface area contributed by atoms with Crippen LogP contribution < -0.4 is 19.5 Å². The van der Waals surface area contributed by atoms with Crippen LogP contribution in [0.2, 0.25) is 0 Å². The maximum atomic E-state index is 12.0. The van der Waals surface area contributed by atoms with E-state index in [-0.39, 0.29) is 5.91 Å². The van der Waals surface area contributed by atoms with Crippen molar-refractivity contribution in [1.29, 1.82) is 0 Å². The standard InChI is InChI=1S/C21H33NO4/c1-5-7-9-11-13-26-17-14-19(24-3)18(20(15-17)25-4)16-22-21(23)12-10-8-6-2/h5,14-15H,1,6-13,16H2,2-4H3,(H,22,23). The first kappa shape index (κ1) is 21.9. The van der Waals surface area contributed by atoms with E-state index in [1.807, 2.05) is 18.2 Å². The van der Waals surface area contributed by atoms with Crippen LogP contribution in [0, 0.1) is 0 Å². The van der Waals surface area contributed by atoms with Gasteiger partial charge in [-0.2, -0.15) is 0 Å². The molecule has 1 aromatic rings. The van der Waals surface area contributed by atoms with Crippen molar-refractivity contribution in [1.82, 2.24) is 5.32 Å². The molecule has 0 radical (unpaired) electrons. The normalized spacial score (nSPS) is 10.3. The molecule has 0 fully saturated rings. The zero-order valence-electron chi connectivity index (χ0n) is 16.4. The molecular formula is C21H33NO4. The van der Waals surface area contributed by atoms with Gasteiger partial charge in [0.25, 0.3) is 0 Å². The van der Waals surface area contributed by atoms with E-state index in [0.717, 1.165) is 44.1 Å². The summed E-state index contributed by atoms with van der Waals surface area (Å²) in [5.74, 6) is 2.05. The summed E-state index contributed by atoms with van der Waals surface area (Å²) in [4.78, 5) is 12.0. The van der Waals surface area contributed by atoms with E-state index in [4.69, 9.17) is 14.2 Å². The van der Waals surface area contributed by atoms with E-state index in [9.17, 15) is 4.79 Å². The van der Waals surface area contributed by atoms with Crippen LogP contribution in [0.1, 0.15) is 57.4 Å².